The molecule has 1 heterocycles. The normalized spacial score (nSPS) is 14.0. The van der Waals surface area contributed by atoms with Crippen LogP contribution in [0.1, 0.15) is 30.4 Å². The lowest BCUT2D eigenvalue weighted by atomic mass is 9.99. The Morgan fingerprint density at radius 3 is 3.00 bits per heavy atom. The lowest BCUT2D eigenvalue weighted by Crippen LogP contribution is -2.24. The van der Waals surface area contributed by atoms with Crippen LogP contribution in [0.15, 0.2) is 24.3 Å². The number of nitrogens with one attached hydrogen (secondary N) is 1. The number of fused-ring (bicyclic) bond motifs is 1. The molecule has 5 nitrogen and oxygen atoms in total. The molecular weight excluding hydrogens is 278 g/mol. The maximum absolute atomic E-state index is 11.7. The van der Waals surface area contributed by atoms with Crippen LogP contribution in [0.2, 0.25) is 0 Å². The van der Waals surface area contributed by atoms with Crippen LogP contribution in [-0.4, -0.2) is 32.0 Å². The first-order valence-corrected chi connectivity index (χ1v) is 7.64. The molecule has 118 valence electrons. The highest BCUT2D eigenvalue weighted by atomic mass is 16.1. The monoisotopic (exact) mass is 301 g/mol. The van der Waals surface area contributed by atoms with Gasteiger partial charge in [0.15, 0.2) is 0 Å². The van der Waals surface area contributed by atoms with E-state index in [2.05, 4.69) is 29.4 Å². The lowest BCUT2D eigenvalue weighted by Gasteiger charge is -2.27. The first-order valence-electron chi connectivity index (χ1n) is 7.64. The van der Waals surface area contributed by atoms with Crippen LogP contribution in [-0.2, 0) is 16.0 Å². The van der Waals surface area contributed by atoms with Crippen LogP contribution >= 0.6 is 0 Å². The number of aryl methyl sites for hydroxylation is 1. The van der Waals surface area contributed by atoms with Crippen molar-refractivity contribution in [2.24, 2.45) is 5.73 Å². The minimum Gasteiger partial charge on any atom is -0.374 e. The summed E-state index contributed by atoms with van der Waals surface area (Å²) >= 11 is 0. The summed E-state index contributed by atoms with van der Waals surface area (Å²) in [5, 5.41) is 2.74. The van der Waals surface area contributed by atoms with Crippen LogP contribution in [0.4, 0.5) is 5.69 Å². The van der Waals surface area contributed by atoms with Gasteiger partial charge in [-0.1, -0.05) is 6.07 Å². The molecule has 5 heteroatoms. The Morgan fingerprint density at radius 2 is 2.23 bits per heavy atom. The summed E-state index contributed by atoms with van der Waals surface area (Å²) in [6, 6.07) is 6.28. The average molecular weight is 301 g/mol. The van der Waals surface area contributed by atoms with E-state index in [0.29, 0.717) is 19.4 Å². The highest BCUT2D eigenvalue weighted by Gasteiger charge is 2.12. The largest absolute Gasteiger partial charge is 0.374 e. The molecular formula is C17H23N3O2. The number of amides is 2. The molecule has 1 aromatic carbocycles. The van der Waals surface area contributed by atoms with Gasteiger partial charge in [0, 0.05) is 38.3 Å². The lowest BCUT2D eigenvalue weighted by molar-refractivity contribution is -0.119. The van der Waals surface area contributed by atoms with Crippen LogP contribution < -0.4 is 16.0 Å². The zero-order valence-electron chi connectivity index (χ0n) is 13.0. The number of anilines is 1. The minimum absolute atomic E-state index is 0.153. The van der Waals surface area contributed by atoms with Crippen molar-refractivity contribution in [3.63, 3.8) is 0 Å². The molecule has 3 N–H and O–H groups in total. The Balaban J connectivity index is 1.87. The Kier molecular flexibility index (Phi) is 5.58. The molecule has 0 saturated carbocycles. The predicted octanol–water partition coefficient (Wildman–Crippen LogP) is 1.46. The summed E-state index contributed by atoms with van der Waals surface area (Å²) in [6.07, 6.45) is 6.46. The van der Waals surface area contributed by atoms with Crippen molar-refractivity contribution >= 4 is 23.6 Å². The van der Waals surface area contributed by atoms with Gasteiger partial charge < -0.3 is 16.0 Å². The van der Waals surface area contributed by atoms with Gasteiger partial charge >= 0.3 is 0 Å². The molecule has 22 heavy (non-hydrogen) atoms. The van der Waals surface area contributed by atoms with Crippen LogP contribution in [0.3, 0.4) is 0 Å². The molecule has 1 aliphatic rings. The summed E-state index contributed by atoms with van der Waals surface area (Å²) in [5.41, 5.74) is 8.68. The highest BCUT2D eigenvalue weighted by molar-refractivity contribution is 5.91. The van der Waals surface area contributed by atoms with Crippen molar-refractivity contribution < 1.29 is 9.59 Å². The third kappa shape index (κ3) is 4.62. The molecule has 2 rings (SSSR count). The van der Waals surface area contributed by atoms with Gasteiger partial charge in [-0.05, 0) is 48.6 Å². The molecule has 0 unspecified atom stereocenters. The second kappa shape index (κ2) is 7.64. The summed E-state index contributed by atoms with van der Waals surface area (Å²) in [6.45, 7) is 1.55. The van der Waals surface area contributed by atoms with E-state index < -0.39 is 0 Å². The number of primary amides is 1. The summed E-state index contributed by atoms with van der Waals surface area (Å²) in [5.74, 6) is -0.497. The van der Waals surface area contributed by atoms with Crippen molar-refractivity contribution in [2.45, 2.75) is 25.7 Å². The molecule has 0 atom stereocenters. The van der Waals surface area contributed by atoms with Gasteiger partial charge in [0.05, 0.1) is 0 Å². The van der Waals surface area contributed by atoms with Gasteiger partial charge in [0.1, 0.15) is 0 Å². The van der Waals surface area contributed by atoms with Crippen LogP contribution in [0.5, 0.6) is 0 Å². The Bertz CT molecular complexity index is 581. The molecule has 0 bridgehead atoms. The van der Waals surface area contributed by atoms with E-state index >= 15 is 0 Å². The number of benzene rings is 1. The Hall–Kier alpha value is -2.30. The second-order valence-corrected chi connectivity index (χ2v) is 5.61. The maximum Gasteiger partial charge on any atom is 0.243 e. The fraction of sp³-hybridized carbons (Fsp3) is 0.412. The molecule has 0 radical (unpaired) electrons. The molecule has 0 fully saturated rings. The SMILES string of the molecule is CN1CCCc2cc(/C=C\C(=O)NCCCC(N)=O)ccc21. The number of nitrogens with two attached hydrogens (primary N) is 1. The number of carbonyl (C=O) groups excluding carboxylic acids is 2. The van der Waals surface area contributed by atoms with Gasteiger partial charge in [0.25, 0.3) is 0 Å². The molecule has 0 aliphatic carbocycles. The van der Waals surface area contributed by atoms with E-state index in [4.69, 9.17) is 5.73 Å². The van der Waals surface area contributed by atoms with E-state index in [0.717, 1.165) is 24.9 Å². The first-order chi connectivity index (χ1) is 10.6. The van der Waals surface area contributed by atoms with Crippen molar-refractivity contribution in [3.05, 3.63) is 35.4 Å². The first kappa shape index (κ1) is 16.1. The summed E-state index contributed by atoms with van der Waals surface area (Å²) < 4.78 is 0. The Morgan fingerprint density at radius 1 is 1.41 bits per heavy atom. The number of nitrogens with zero attached hydrogens (tertiary/aromatic N) is 1. The van der Waals surface area contributed by atoms with Gasteiger partial charge in [-0.3, -0.25) is 9.59 Å². The van der Waals surface area contributed by atoms with E-state index in [-0.39, 0.29) is 11.8 Å². The summed E-state index contributed by atoms with van der Waals surface area (Å²) in [4.78, 5) is 24.5. The fourth-order valence-electron chi connectivity index (χ4n) is 2.61. The van der Waals surface area contributed by atoms with Crippen molar-refractivity contribution in [2.75, 3.05) is 25.0 Å². The molecule has 0 aromatic heterocycles. The average Bonchev–Trinajstić information content (AvgIpc) is 2.49. The van der Waals surface area contributed by atoms with E-state index in [9.17, 15) is 9.59 Å². The molecule has 0 spiro atoms. The minimum atomic E-state index is -0.344. The standard InChI is InChI=1S/C17H23N3O2/c1-20-11-3-4-14-12-13(6-8-15(14)20)7-9-17(22)19-10-2-5-16(18)21/h6-9,12H,2-5,10-11H2,1H3,(H2,18,21)(H,19,22)/b9-7-. The number of hydrogen-bond donors (Lipinski definition) is 2. The molecule has 0 saturated heterocycles. The van der Waals surface area contributed by atoms with E-state index in [1.165, 1.54) is 17.3 Å². The number of rotatable bonds is 6. The third-order valence-corrected chi connectivity index (χ3v) is 3.78. The van der Waals surface area contributed by atoms with Crippen LogP contribution in [0.25, 0.3) is 6.08 Å². The number of carbonyl (C=O) groups is 2. The smallest absolute Gasteiger partial charge is 0.243 e. The molecule has 1 aliphatic heterocycles. The highest BCUT2D eigenvalue weighted by Crippen LogP contribution is 2.27. The van der Waals surface area contributed by atoms with Gasteiger partial charge in [-0.25, -0.2) is 0 Å². The molecule has 1 aromatic rings. The van der Waals surface area contributed by atoms with Gasteiger partial charge in [-0.15, -0.1) is 0 Å². The van der Waals surface area contributed by atoms with Gasteiger partial charge in [0.2, 0.25) is 11.8 Å². The number of hydrogen-bond acceptors (Lipinski definition) is 3. The predicted molar refractivity (Wildman–Crippen MR) is 88.5 cm³/mol. The quantitative estimate of drug-likeness (QED) is 0.617. The second-order valence-electron chi connectivity index (χ2n) is 5.61. The maximum atomic E-state index is 11.7. The van der Waals surface area contributed by atoms with Crippen molar-refractivity contribution in [1.82, 2.24) is 5.32 Å². The fourth-order valence-corrected chi connectivity index (χ4v) is 2.61. The topological polar surface area (TPSA) is 75.4 Å². The third-order valence-electron chi connectivity index (χ3n) is 3.78. The zero-order chi connectivity index (χ0) is 15.9. The van der Waals surface area contributed by atoms with Crippen molar-refractivity contribution in [3.8, 4) is 0 Å². The van der Waals surface area contributed by atoms with Crippen LogP contribution in [0, 0.1) is 0 Å². The zero-order valence-corrected chi connectivity index (χ0v) is 13.0. The van der Waals surface area contributed by atoms with Crippen molar-refractivity contribution in [1.29, 1.82) is 0 Å². The Labute approximate surface area is 131 Å². The van der Waals surface area contributed by atoms with Gasteiger partial charge in [-0.2, -0.15) is 0 Å². The van der Waals surface area contributed by atoms with E-state index in [1.54, 1.807) is 0 Å². The molecule has 2 amide bonds. The summed E-state index contributed by atoms with van der Waals surface area (Å²) in [7, 11) is 2.10. The van der Waals surface area contributed by atoms with E-state index in [1.807, 2.05) is 12.1 Å².